The number of hydrogen-bond donors (Lipinski definition) is 0. The second-order valence-corrected chi connectivity index (χ2v) is 64.9. The zero-order valence-electron chi connectivity index (χ0n) is 26.2. The van der Waals surface area contributed by atoms with Crippen molar-refractivity contribution in [1.82, 2.24) is 0 Å². The number of rotatable bonds is 6. The fourth-order valence-corrected chi connectivity index (χ4v) is 46.2. The first-order valence-electron chi connectivity index (χ1n) is 15.2. The third-order valence-corrected chi connectivity index (χ3v) is 55.1. The Bertz CT molecular complexity index is 1630. The molecule has 0 amide bonds. The Morgan fingerprint density at radius 3 is 1.62 bits per heavy atom. The monoisotopic (exact) mass is 698 g/mol. The molecule has 0 fully saturated rings. The van der Waals surface area contributed by atoms with Crippen molar-refractivity contribution in [2.45, 2.75) is 79.7 Å². The van der Waals surface area contributed by atoms with Gasteiger partial charge in [-0.2, -0.15) is 0 Å². The van der Waals surface area contributed by atoms with E-state index in [2.05, 4.69) is 155 Å². The first-order chi connectivity index (χ1) is 18.4. The van der Waals surface area contributed by atoms with E-state index in [0.29, 0.717) is 0 Å². The summed E-state index contributed by atoms with van der Waals surface area (Å²) in [5.41, 5.74) is 8.61. The van der Waals surface area contributed by atoms with Crippen LogP contribution in [0.3, 0.4) is 0 Å². The van der Waals surface area contributed by atoms with Gasteiger partial charge in [-0.1, -0.05) is 0 Å². The normalized spacial score (nSPS) is 18.4. The molecule has 0 heterocycles. The van der Waals surface area contributed by atoms with Crippen LogP contribution in [-0.4, -0.2) is 4.26 Å². The summed E-state index contributed by atoms with van der Waals surface area (Å²) < 4.78 is 14.2. The van der Waals surface area contributed by atoms with Crippen LogP contribution in [0.15, 0.2) is 104 Å². The Morgan fingerprint density at radius 2 is 1.20 bits per heavy atom. The van der Waals surface area contributed by atoms with Gasteiger partial charge >= 0.3 is 239 Å². The number of benzene rings is 3. The minimum atomic E-state index is -5.69. The molecular formula is C39H50Hf. The molecule has 2 aliphatic carbocycles. The van der Waals surface area contributed by atoms with E-state index in [1.807, 2.05) is 0 Å². The molecule has 0 bridgehead atoms. The summed E-state index contributed by atoms with van der Waals surface area (Å²) in [5.74, 6) is 0. The summed E-state index contributed by atoms with van der Waals surface area (Å²) in [6.07, 6.45) is 12.6. The van der Waals surface area contributed by atoms with Gasteiger partial charge in [0.1, 0.15) is 0 Å². The van der Waals surface area contributed by atoms with Gasteiger partial charge in [-0.15, -0.1) is 0 Å². The van der Waals surface area contributed by atoms with Crippen molar-refractivity contribution in [2.75, 3.05) is 0 Å². The van der Waals surface area contributed by atoms with Gasteiger partial charge in [-0.3, -0.25) is 0 Å². The zero-order valence-corrected chi connectivity index (χ0v) is 29.8. The Morgan fingerprint density at radius 1 is 0.725 bits per heavy atom. The van der Waals surface area contributed by atoms with Crippen molar-refractivity contribution in [3.8, 4) is 11.1 Å². The van der Waals surface area contributed by atoms with Gasteiger partial charge in [0.25, 0.3) is 0 Å². The Balaban J connectivity index is 2.06. The minimum absolute atomic E-state index is 0.0545. The molecular weight excluding hydrogens is 647 g/mol. The molecule has 0 saturated heterocycles. The van der Waals surface area contributed by atoms with Crippen molar-refractivity contribution >= 4 is 7.58 Å². The topological polar surface area (TPSA) is 0 Å². The van der Waals surface area contributed by atoms with Crippen LogP contribution in [0.4, 0.5) is 0 Å². The van der Waals surface area contributed by atoms with E-state index in [4.69, 9.17) is 4.26 Å². The van der Waals surface area contributed by atoms with Crippen LogP contribution in [0.5, 0.6) is 0 Å². The SMILES string of the molecule is C=CC[CH2][Hf](=[CH2])([CH3])([CH3])([c]1ccccc1)([CH]1C=CC=C1)[CH]1c2cc(C(C)(C)C)ccc2-c2ccc(C(C)(C)C)cc21. The fourth-order valence-electron chi connectivity index (χ4n) is 8.83. The van der Waals surface area contributed by atoms with E-state index in [0.717, 1.165) is 10.6 Å². The van der Waals surface area contributed by atoms with Crippen molar-refractivity contribution in [2.24, 2.45) is 0 Å². The van der Waals surface area contributed by atoms with Crippen LogP contribution in [0.1, 0.15) is 73.9 Å². The van der Waals surface area contributed by atoms with E-state index >= 15 is 0 Å². The maximum absolute atomic E-state index is 5.87. The summed E-state index contributed by atoms with van der Waals surface area (Å²) in [6, 6.07) is 26.1. The predicted molar refractivity (Wildman–Crippen MR) is 178 cm³/mol. The second-order valence-electron chi connectivity index (χ2n) is 17.5. The fraction of sp³-hybridized carbons (Fsp3) is 0.359. The summed E-state index contributed by atoms with van der Waals surface area (Å²) in [6.45, 7) is 18.3. The third kappa shape index (κ3) is 3.76. The Hall–Kier alpha value is -2.38. The molecule has 0 aromatic heterocycles. The van der Waals surface area contributed by atoms with E-state index in [1.54, 1.807) is 0 Å². The zero-order chi connectivity index (χ0) is 29.3. The van der Waals surface area contributed by atoms with Crippen LogP contribution in [0.2, 0.25) is 17.2 Å². The van der Waals surface area contributed by atoms with E-state index in [9.17, 15) is 0 Å². The maximum atomic E-state index is 5.87. The average Bonchev–Trinajstić information content (AvgIpc) is 3.55. The number of fused-ring (bicyclic) bond motifs is 3. The van der Waals surface area contributed by atoms with Gasteiger partial charge in [-0.05, 0) is 0 Å². The molecule has 0 nitrogen and oxygen atoms in total. The van der Waals surface area contributed by atoms with Gasteiger partial charge in [0, 0.05) is 0 Å². The summed E-state index contributed by atoms with van der Waals surface area (Å²) in [4.78, 5) is 0. The van der Waals surface area contributed by atoms with Crippen molar-refractivity contribution < 1.29 is 15.1 Å². The molecule has 0 spiro atoms. The number of allylic oxidation sites excluding steroid dienone is 5. The molecule has 1 heteroatoms. The van der Waals surface area contributed by atoms with Crippen LogP contribution in [0.25, 0.3) is 11.1 Å². The van der Waals surface area contributed by atoms with Gasteiger partial charge in [-0.25, -0.2) is 0 Å². The molecule has 5 rings (SSSR count). The standard InChI is InChI=1S/C21H25.C6H5.C5H5.C4H7.2CH3.CH2.Hf/c1-20(2,3)16-7-9-18-14(12-16)11-15-13-17(21(4,5)6)8-10-19(15)18;1-2-4-6-5-3-1;1-2-4-5-3-1;1-3-4-2;;;;/h7-13H,1-6H3;1-5H;1-5H;3H,1-2,4H2;2*1H3;1H2;. The first kappa shape index (κ1) is 29.1. The molecule has 0 unspecified atom stereocenters. The molecule has 0 aliphatic heterocycles. The van der Waals surface area contributed by atoms with Gasteiger partial charge in [0.15, 0.2) is 0 Å². The molecule has 0 saturated carbocycles. The molecule has 0 radical (unpaired) electrons. The van der Waals surface area contributed by atoms with Crippen molar-refractivity contribution in [3.05, 3.63) is 126 Å². The summed E-state index contributed by atoms with van der Waals surface area (Å²) in [7, 11) is 0. The van der Waals surface area contributed by atoms with Gasteiger partial charge in [0.2, 0.25) is 0 Å². The van der Waals surface area contributed by atoms with Gasteiger partial charge < -0.3 is 0 Å². The van der Waals surface area contributed by atoms with Crippen LogP contribution < -0.4 is 3.32 Å². The second kappa shape index (κ2) is 8.13. The molecule has 3 aromatic rings. The van der Waals surface area contributed by atoms with Crippen molar-refractivity contribution in [3.63, 3.8) is 0 Å². The molecule has 3 aromatic carbocycles. The Kier molecular flexibility index (Phi) is 5.92. The average molecular weight is 697 g/mol. The molecule has 40 heavy (non-hydrogen) atoms. The van der Waals surface area contributed by atoms with Crippen LogP contribution in [0, 0.1) is 0 Å². The molecule has 210 valence electrons. The van der Waals surface area contributed by atoms with E-state index in [-0.39, 0.29) is 18.2 Å². The van der Waals surface area contributed by atoms with E-state index < -0.39 is 15.1 Å². The van der Waals surface area contributed by atoms with Gasteiger partial charge in [0.05, 0.1) is 0 Å². The van der Waals surface area contributed by atoms with Crippen molar-refractivity contribution in [1.29, 1.82) is 0 Å². The molecule has 0 N–H and O–H groups in total. The summed E-state index contributed by atoms with van der Waals surface area (Å²) in [5, 5.41) is 0. The third-order valence-electron chi connectivity index (χ3n) is 11.8. The van der Waals surface area contributed by atoms with Crippen LogP contribution >= 0.6 is 0 Å². The quantitative estimate of drug-likeness (QED) is 0.178. The van der Waals surface area contributed by atoms with E-state index in [1.165, 1.54) is 36.7 Å². The van der Waals surface area contributed by atoms with Crippen LogP contribution in [-0.2, 0) is 25.9 Å². The summed E-state index contributed by atoms with van der Waals surface area (Å²) >= 11 is -5.69. The predicted octanol–water partition coefficient (Wildman–Crippen LogP) is 10.9. The number of hydrogen-bond acceptors (Lipinski definition) is 0. The molecule has 0 atom stereocenters. The first-order valence-corrected chi connectivity index (χ1v) is 33.4. The molecule has 2 aliphatic rings. The Labute approximate surface area is 238 Å².